The van der Waals surface area contributed by atoms with Crippen molar-refractivity contribution in [2.24, 2.45) is 0 Å². The number of hydrogen-bond donors (Lipinski definition) is 2. The number of carboxylic acid groups (broad SMARTS) is 1. The van der Waals surface area contributed by atoms with Crippen molar-refractivity contribution in [3.63, 3.8) is 0 Å². The highest BCUT2D eigenvalue weighted by Gasteiger charge is 2.01. The predicted molar refractivity (Wildman–Crippen MR) is 69.9 cm³/mol. The van der Waals surface area contributed by atoms with Gasteiger partial charge in [-0.2, -0.15) is 0 Å². The van der Waals surface area contributed by atoms with Crippen molar-refractivity contribution in [1.82, 2.24) is 0 Å². The quantitative estimate of drug-likeness (QED) is 0.562. The van der Waals surface area contributed by atoms with E-state index in [-0.39, 0.29) is 6.42 Å². The summed E-state index contributed by atoms with van der Waals surface area (Å²) < 4.78 is 19.8. The molecule has 0 bridgehead atoms. The molecule has 0 aliphatic rings. The topological polar surface area (TPSA) is 74.6 Å². The Labute approximate surface area is 109 Å². The molecule has 1 aromatic carbocycles. The van der Waals surface area contributed by atoms with Crippen LogP contribution in [0.1, 0.15) is 37.7 Å². The first-order chi connectivity index (χ1) is 8.59. The summed E-state index contributed by atoms with van der Waals surface area (Å²) in [5, 5.41) is 8.48. The molecule has 1 atom stereocenters. The van der Waals surface area contributed by atoms with Gasteiger partial charge in [0.25, 0.3) is 0 Å². The summed E-state index contributed by atoms with van der Waals surface area (Å²) >= 11 is -1.92. The number of aliphatic carboxylic acids is 1. The van der Waals surface area contributed by atoms with Crippen molar-refractivity contribution in [2.45, 2.75) is 43.4 Å². The van der Waals surface area contributed by atoms with Crippen LogP contribution < -0.4 is 0 Å². The molecule has 100 valence electrons. The Bertz CT molecular complexity index is 417. The van der Waals surface area contributed by atoms with Gasteiger partial charge in [-0.05, 0) is 37.0 Å². The summed E-state index contributed by atoms with van der Waals surface area (Å²) in [6.45, 7) is 0. The fourth-order valence-corrected chi connectivity index (χ4v) is 2.22. The Kier molecular flexibility index (Phi) is 6.60. The van der Waals surface area contributed by atoms with Gasteiger partial charge in [0.1, 0.15) is 0 Å². The van der Waals surface area contributed by atoms with Crippen LogP contribution in [0.3, 0.4) is 0 Å². The molecule has 4 nitrogen and oxygen atoms in total. The number of unbranched alkanes of at least 4 members (excludes halogenated alkanes) is 3. The van der Waals surface area contributed by atoms with Crippen LogP contribution in [-0.2, 0) is 22.3 Å². The third-order valence-corrected chi connectivity index (χ3v) is 3.36. The molecule has 2 N–H and O–H groups in total. The molecule has 0 saturated heterocycles. The Morgan fingerprint density at radius 1 is 1.17 bits per heavy atom. The van der Waals surface area contributed by atoms with Gasteiger partial charge in [0.05, 0.1) is 4.90 Å². The van der Waals surface area contributed by atoms with Crippen LogP contribution in [0.15, 0.2) is 29.2 Å². The minimum atomic E-state index is -1.92. The Morgan fingerprint density at radius 2 is 1.89 bits per heavy atom. The van der Waals surface area contributed by atoms with Gasteiger partial charge in [0.15, 0.2) is 11.1 Å². The number of carboxylic acids is 1. The maximum absolute atomic E-state index is 10.9. The normalized spacial score (nSPS) is 12.3. The summed E-state index contributed by atoms with van der Waals surface area (Å²) in [7, 11) is 0. The molecule has 5 heteroatoms. The number of benzene rings is 1. The van der Waals surface area contributed by atoms with E-state index in [1.54, 1.807) is 18.2 Å². The Morgan fingerprint density at radius 3 is 2.56 bits per heavy atom. The first-order valence-electron chi connectivity index (χ1n) is 6.01. The van der Waals surface area contributed by atoms with E-state index in [4.69, 9.17) is 9.66 Å². The molecule has 0 aliphatic heterocycles. The van der Waals surface area contributed by atoms with Gasteiger partial charge in [-0.15, -0.1) is 0 Å². The number of rotatable bonds is 8. The average Bonchev–Trinajstić information content (AvgIpc) is 2.33. The van der Waals surface area contributed by atoms with Gasteiger partial charge >= 0.3 is 5.97 Å². The highest BCUT2D eigenvalue weighted by Crippen LogP contribution is 2.12. The second-order valence-corrected chi connectivity index (χ2v) is 5.17. The van der Waals surface area contributed by atoms with Gasteiger partial charge in [0.2, 0.25) is 0 Å². The van der Waals surface area contributed by atoms with Crippen LogP contribution >= 0.6 is 0 Å². The molecule has 1 unspecified atom stereocenters. The molecule has 0 aliphatic carbocycles. The van der Waals surface area contributed by atoms with E-state index in [1.165, 1.54) is 0 Å². The lowest BCUT2D eigenvalue weighted by atomic mass is 10.1. The zero-order valence-corrected chi connectivity index (χ0v) is 11.0. The van der Waals surface area contributed by atoms with Crippen molar-refractivity contribution in [3.8, 4) is 0 Å². The Hall–Kier alpha value is -1.20. The van der Waals surface area contributed by atoms with Gasteiger partial charge < -0.3 is 9.66 Å². The van der Waals surface area contributed by atoms with Crippen molar-refractivity contribution in [2.75, 3.05) is 0 Å². The van der Waals surface area contributed by atoms with Gasteiger partial charge in [-0.3, -0.25) is 4.79 Å². The lowest BCUT2D eigenvalue weighted by Gasteiger charge is -2.03. The van der Waals surface area contributed by atoms with E-state index in [0.717, 1.165) is 37.7 Å². The van der Waals surface area contributed by atoms with Crippen molar-refractivity contribution in [1.29, 1.82) is 0 Å². The first kappa shape index (κ1) is 14.9. The van der Waals surface area contributed by atoms with Crippen molar-refractivity contribution >= 4 is 17.0 Å². The fraction of sp³-hybridized carbons (Fsp3) is 0.462. The third-order valence-electron chi connectivity index (χ3n) is 2.71. The lowest BCUT2D eigenvalue weighted by molar-refractivity contribution is -0.137. The highest BCUT2D eigenvalue weighted by molar-refractivity contribution is 7.79. The summed E-state index contributed by atoms with van der Waals surface area (Å²) in [4.78, 5) is 10.7. The van der Waals surface area contributed by atoms with E-state index in [2.05, 4.69) is 0 Å². The smallest absolute Gasteiger partial charge is 0.303 e. The van der Waals surface area contributed by atoms with E-state index < -0.39 is 17.0 Å². The van der Waals surface area contributed by atoms with E-state index in [9.17, 15) is 9.00 Å². The van der Waals surface area contributed by atoms with E-state index in [1.807, 2.05) is 6.07 Å². The lowest BCUT2D eigenvalue weighted by Crippen LogP contribution is -1.94. The second kappa shape index (κ2) is 8.00. The minimum Gasteiger partial charge on any atom is -0.481 e. The van der Waals surface area contributed by atoms with Gasteiger partial charge in [-0.25, -0.2) is 4.21 Å². The standard InChI is InChI=1S/C13H18O4S/c14-13(15)9-4-2-1-3-6-11-7-5-8-12(10-11)18(16)17/h5,7-8,10H,1-4,6,9H2,(H,14,15)(H,16,17). The maximum Gasteiger partial charge on any atom is 0.303 e. The molecule has 0 saturated carbocycles. The van der Waals surface area contributed by atoms with E-state index >= 15 is 0 Å². The van der Waals surface area contributed by atoms with E-state index in [0.29, 0.717) is 4.90 Å². The molecule has 0 heterocycles. The summed E-state index contributed by atoms with van der Waals surface area (Å²) in [5.41, 5.74) is 1.05. The molecule has 1 aromatic rings. The van der Waals surface area contributed by atoms with Crippen LogP contribution in [0.5, 0.6) is 0 Å². The SMILES string of the molecule is O=C(O)CCCCCCc1cccc(S(=O)O)c1. The summed E-state index contributed by atoms with van der Waals surface area (Å²) in [5.74, 6) is -0.742. The molecule has 0 radical (unpaired) electrons. The van der Waals surface area contributed by atoms with Gasteiger partial charge in [-0.1, -0.05) is 25.0 Å². The number of aryl methyl sites for hydroxylation is 1. The number of carbonyl (C=O) groups is 1. The zero-order valence-electron chi connectivity index (χ0n) is 10.2. The average molecular weight is 270 g/mol. The van der Waals surface area contributed by atoms with Crippen molar-refractivity contribution < 1.29 is 18.7 Å². The van der Waals surface area contributed by atoms with Crippen LogP contribution in [-0.4, -0.2) is 19.8 Å². The Balaban J connectivity index is 2.25. The molecular weight excluding hydrogens is 252 g/mol. The molecule has 0 amide bonds. The minimum absolute atomic E-state index is 0.235. The zero-order chi connectivity index (χ0) is 13.4. The predicted octanol–water partition coefficient (Wildman–Crippen LogP) is 2.84. The van der Waals surface area contributed by atoms with Crippen LogP contribution in [0.2, 0.25) is 0 Å². The molecule has 0 aromatic heterocycles. The molecular formula is C13H18O4S. The molecule has 0 fully saturated rings. The van der Waals surface area contributed by atoms with Crippen LogP contribution in [0.25, 0.3) is 0 Å². The summed E-state index contributed by atoms with van der Waals surface area (Å²) in [6, 6.07) is 7.09. The molecule has 0 spiro atoms. The molecule has 1 rings (SSSR count). The highest BCUT2D eigenvalue weighted by atomic mass is 32.2. The first-order valence-corrected chi connectivity index (χ1v) is 7.12. The van der Waals surface area contributed by atoms with Crippen molar-refractivity contribution in [3.05, 3.63) is 29.8 Å². The molecule has 18 heavy (non-hydrogen) atoms. The second-order valence-electron chi connectivity index (χ2n) is 4.20. The van der Waals surface area contributed by atoms with Crippen LogP contribution in [0, 0.1) is 0 Å². The monoisotopic (exact) mass is 270 g/mol. The largest absolute Gasteiger partial charge is 0.481 e. The fourth-order valence-electron chi connectivity index (χ4n) is 1.77. The third kappa shape index (κ3) is 5.93. The maximum atomic E-state index is 10.9. The summed E-state index contributed by atoms with van der Waals surface area (Å²) in [6.07, 6.45) is 4.69. The van der Waals surface area contributed by atoms with Gasteiger partial charge in [0, 0.05) is 6.42 Å². The number of hydrogen-bond acceptors (Lipinski definition) is 2. The van der Waals surface area contributed by atoms with Crippen LogP contribution in [0.4, 0.5) is 0 Å².